The van der Waals surface area contributed by atoms with Gasteiger partial charge < -0.3 is 9.64 Å². The summed E-state index contributed by atoms with van der Waals surface area (Å²) >= 11 is 0. The van der Waals surface area contributed by atoms with Crippen LogP contribution in [0.4, 0.5) is 0 Å². The van der Waals surface area contributed by atoms with Crippen LogP contribution in [0.1, 0.15) is 37.4 Å². The van der Waals surface area contributed by atoms with Crippen LogP contribution in [0.2, 0.25) is 0 Å². The summed E-state index contributed by atoms with van der Waals surface area (Å²) in [4.78, 5) is 19.6. The Bertz CT molecular complexity index is 1060. The maximum atomic E-state index is 12.8. The first kappa shape index (κ1) is 22.9. The summed E-state index contributed by atoms with van der Waals surface area (Å²) in [5.74, 6) is -0.0164. The van der Waals surface area contributed by atoms with E-state index in [1.165, 1.54) is 5.56 Å². The third-order valence-corrected chi connectivity index (χ3v) is 7.68. The van der Waals surface area contributed by atoms with E-state index in [1.807, 2.05) is 35.2 Å². The molecule has 1 fully saturated rings. The predicted octanol–water partition coefficient (Wildman–Crippen LogP) is 2.55. The minimum Gasteiger partial charge on any atom is -0.381 e. The fourth-order valence-corrected chi connectivity index (χ4v) is 5.41. The van der Waals surface area contributed by atoms with Gasteiger partial charge in [0.2, 0.25) is 15.9 Å². The van der Waals surface area contributed by atoms with Gasteiger partial charge in [-0.2, -0.15) is 0 Å². The summed E-state index contributed by atoms with van der Waals surface area (Å²) in [5.41, 5.74) is 4.01. The number of nitrogens with zero attached hydrogens (tertiary/aromatic N) is 2. The van der Waals surface area contributed by atoms with Crippen molar-refractivity contribution in [3.8, 4) is 11.3 Å². The number of sulfonamides is 1. The van der Waals surface area contributed by atoms with Crippen molar-refractivity contribution in [2.45, 2.75) is 51.1 Å². The monoisotopic (exact) mass is 457 g/mol. The average Bonchev–Trinajstić information content (AvgIpc) is 3.06. The number of carbonyl (C=O) groups is 1. The first-order valence-electron chi connectivity index (χ1n) is 11.4. The Labute approximate surface area is 190 Å². The van der Waals surface area contributed by atoms with E-state index < -0.39 is 16.1 Å². The number of benzene rings is 1. The molecule has 4 rings (SSSR count). The first-order chi connectivity index (χ1) is 15.5. The zero-order valence-corrected chi connectivity index (χ0v) is 19.3. The van der Waals surface area contributed by atoms with E-state index in [1.54, 1.807) is 6.92 Å². The number of ether oxygens (including phenoxy) is 1. The molecule has 32 heavy (non-hydrogen) atoms. The van der Waals surface area contributed by atoms with Gasteiger partial charge in [-0.25, -0.2) is 13.1 Å². The lowest BCUT2D eigenvalue weighted by Gasteiger charge is -2.28. The molecular weight excluding hydrogens is 426 g/mol. The Morgan fingerprint density at radius 1 is 1.09 bits per heavy atom. The van der Waals surface area contributed by atoms with Crippen LogP contribution in [0.3, 0.4) is 0 Å². The van der Waals surface area contributed by atoms with E-state index >= 15 is 0 Å². The van der Waals surface area contributed by atoms with Gasteiger partial charge in [-0.1, -0.05) is 30.3 Å². The van der Waals surface area contributed by atoms with E-state index in [4.69, 9.17) is 9.72 Å². The molecule has 1 amide bonds. The minimum absolute atomic E-state index is 0.00767. The molecule has 2 aromatic rings. The molecule has 2 unspecified atom stereocenters. The highest BCUT2D eigenvalue weighted by Crippen LogP contribution is 2.27. The van der Waals surface area contributed by atoms with E-state index in [-0.39, 0.29) is 24.1 Å². The second-order valence-corrected chi connectivity index (χ2v) is 10.5. The Hall–Kier alpha value is -2.29. The molecule has 8 heteroatoms. The lowest BCUT2D eigenvalue weighted by Crippen LogP contribution is -2.47. The normalized spacial score (nSPS) is 22.5. The summed E-state index contributed by atoms with van der Waals surface area (Å²) in [6.07, 6.45) is 3.18. The van der Waals surface area contributed by atoms with Crippen LogP contribution >= 0.6 is 0 Å². The van der Waals surface area contributed by atoms with Gasteiger partial charge in [-0.05, 0) is 43.9 Å². The Morgan fingerprint density at radius 3 is 2.78 bits per heavy atom. The van der Waals surface area contributed by atoms with E-state index in [2.05, 4.69) is 16.9 Å². The maximum Gasteiger partial charge on any atom is 0.224 e. The Kier molecular flexibility index (Phi) is 7.23. The molecule has 3 heterocycles. The molecule has 172 valence electrons. The summed E-state index contributed by atoms with van der Waals surface area (Å²) in [7, 11) is -3.42. The molecule has 7 nitrogen and oxygen atoms in total. The summed E-state index contributed by atoms with van der Waals surface area (Å²) in [6, 6.07) is 13.5. The molecule has 0 saturated carbocycles. The highest BCUT2D eigenvalue weighted by Gasteiger charge is 2.41. The molecule has 2 aliphatic heterocycles. The van der Waals surface area contributed by atoms with E-state index in [0.717, 1.165) is 36.2 Å². The van der Waals surface area contributed by atoms with Crippen molar-refractivity contribution < 1.29 is 17.9 Å². The lowest BCUT2D eigenvalue weighted by atomic mass is 10.00. The van der Waals surface area contributed by atoms with Gasteiger partial charge in [0.25, 0.3) is 0 Å². The third-order valence-electron chi connectivity index (χ3n) is 6.26. The van der Waals surface area contributed by atoms with Crippen LogP contribution in [-0.2, 0) is 32.4 Å². The van der Waals surface area contributed by atoms with Gasteiger partial charge in [0.05, 0.1) is 30.1 Å². The average molecular weight is 458 g/mol. The fraction of sp³-hybridized carbons (Fsp3) is 0.500. The van der Waals surface area contributed by atoms with Crippen LogP contribution in [0.25, 0.3) is 11.3 Å². The number of carbonyl (C=O) groups excluding carboxylic acids is 1. The standard InChI is InChI=1S/C24H31N3O4S/c1-2-32(29,30)26-22-17-24(28)27-13-5-6-14-31-15-12-18-8-3-4-10-20(18)21-11-7-9-19(25-21)16-23(22)27/h3-4,7-11,22-23,26H,2,5-6,12-17H2,1H3. The molecule has 0 spiro atoms. The number of aromatic nitrogens is 1. The van der Waals surface area contributed by atoms with Crippen LogP contribution in [-0.4, -0.2) is 61.8 Å². The number of pyridine rings is 1. The molecular formula is C24H31N3O4S. The molecule has 2 aliphatic rings. The van der Waals surface area contributed by atoms with Crippen LogP contribution in [0.5, 0.6) is 0 Å². The largest absolute Gasteiger partial charge is 0.381 e. The minimum atomic E-state index is -3.42. The number of hydrogen-bond donors (Lipinski definition) is 1. The smallest absolute Gasteiger partial charge is 0.224 e. The highest BCUT2D eigenvalue weighted by atomic mass is 32.2. The number of hydrogen-bond acceptors (Lipinski definition) is 5. The maximum absolute atomic E-state index is 12.8. The molecule has 1 aromatic carbocycles. The molecule has 1 aromatic heterocycles. The van der Waals surface area contributed by atoms with Crippen molar-refractivity contribution in [3.05, 3.63) is 53.7 Å². The second-order valence-electron chi connectivity index (χ2n) is 8.43. The van der Waals surface area contributed by atoms with Crippen molar-refractivity contribution in [1.29, 1.82) is 0 Å². The fourth-order valence-electron chi connectivity index (χ4n) is 4.54. The molecule has 0 aliphatic carbocycles. The van der Waals surface area contributed by atoms with Gasteiger partial charge in [-0.3, -0.25) is 9.78 Å². The van der Waals surface area contributed by atoms with Crippen molar-refractivity contribution >= 4 is 15.9 Å². The number of amides is 1. The quantitative estimate of drug-likeness (QED) is 0.765. The second kappa shape index (κ2) is 10.1. The molecule has 1 N–H and O–H groups in total. The van der Waals surface area contributed by atoms with Gasteiger partial charge >= 0.3 is 0 Å². The number of rotatable bonds is 3. The van der Waals surface area contributed by atoms with Crippen LogP contribution in [0.15, 0.2) is 42.5 Å². The Morgan fingerprint density at radius 2 is 1.94 bits per heavy atom. The first-order valence-corrected chi connectivity index (χ1v) is 13.0. The molecule has 2 atom stereocenters. The zero-order valence-electron chi connectivity index (χ0n) is 18.5. The predicted molar refractivity (Wildman–Crippen MR) is 124 cm³/mol. The SMILES string of the molecule is CCS(=O)(=O)NC1CC(=O)N2CCCCOCCc3ccccc3-c3cccc(n3)CC12. The van der Waals surface area contributed by atoms with E-state index in [0.29, 0.717) is 26.2 Å². The van der Waals surface area contributed by atoms with Gasteiger partial charge in [-0.15, -0.1) is 0 Å². The van der Waals surface area contributed by atoms with Crippen LogP contribution < -0.4 is 4.72 Å². The summed E-state index contributed by atoms with van der Waals surface area (Å²) in [6.45, 7) is 3.49. The van der Waals surface area contributed by atoms with Gasteiger partial charge in [0.15, 0.2) is 0 Å². The summed E-state index contributed by atoms with van der Waals surface area (Å²) in [5, 5.41) is 0. The number of nitrogens with one attached hydrogen (secondary N) is 1. The topological polar surface area (TPSA) is 88.6 Å². The van der Waals surface area contributed by atoms with Crippen molar-refractivity contribution in [2.75, 3.05) is 25.5 Å². The zero-order chi connectivity index (χ0) is 22.6. The summed E-state index contributed by atoms with van der Waals surface area (Å²) < 4.78 is 33.2. The van der Waals surface area contributed by atoms with Gasteiger partial charge in [0, 0.05) is 37.3 Å². The highest BCUT2D eigenvalue weighted by molar-refractivity contribution is 7.89. The van der Waals surface area contributed by atoms with Crippen molar-refractivity contribution in [3.63, 3.8) is 0 Å². The Balaban J connectivity index is 1.68. The molecule has 0 radical (unpaired) electrons. The molecule has 2 bridgehead atoms. The van der Waals surface area contributed by atoms with E-state index in [9.17, 15) is 13.2 Å². The van der Waals surface area contributed by atoms with Crippen molar-refractivity contribution in [2.24, 2.45) is 0 Å². The van der Waals surface area contributed by atoms with Gasteiger partial charge in [0.1, 0.15) is 0 Å². The lowest BCUT2D eigenvalue weighted by molar-refractivity contribution is -0.129. The van der Waals surface area contributed by atoms with Crippen molar-refractivity contribution in [1.82, 2.24) is 14.6 Å². The van der Waals surface area contributed by atoms with Crippen LogP contribution in [0, 0.1) is 0 Å². The number of fused-ring (bicyclic) bond motifs is 5. The molecule has 1 saturated heterocycles. The third kappa shape index (κ3) is 5.36.